The summed E-state index contributed by atoms with van der Waals surface area (Å²) in [6.07, 6.45) is 0. The molecule has 0 spiro atoms. The second-order valence-electron chi connectivity index (χ2n) is 4.21. The topological polar surface area (TPSA) is 44.5 Å². The predicted octanol–water partition coefficient (Wildman–Crippen LogP) is 4.04. The molecule has 0 amide bonds. The number of halogens is 2. The van der Waals surface area contributed by atoms with Gasteiger partial charge in [0.25, 0.3) is 0 Å². The van der Waals surface area contributed by atoms with Gasteiger partial charge in [-0.15, -0.1) is 0 Å². The smallest absolute Gasteiger partial charge is 0.161 e. The van der Waals surface area contributed by atoms with Crippen molar-refractivity contribution in [2.24, 2.45) is 5.73 Å². The maximum absolute atomic E-state index is 6.10. The van der Waals surface area contributed by atoms with Crippen molar-refractivity contribution in [2.45, 2.75) is 13.2 Å². The van der Waals surface area contributed by atoms with Crippen LogP contribution in [0.4, 0.5) is 0 Å². The zero-order valence-corrected chi connectivity index (χ0v) is 12.5. The fourth-order valence-electron chi connectivity index (χ4n) is 1.75. The second kappa shape index (κ2) is 6.84. The Labute approximate surface area is 128 Å². The van der Waals surface area contributed by atoms with E-state index in [1.165, 1.54) is 0 Å². The van der Waals surface area contributed by atoms with E-state index >= 15 is 0 Å². The van der Waals surface area contributed by atoms with Crippen LogP contribution < -0.4 is 15.2 Å². The van der Waals surface area contributed by atoms with E-state index in [2.05, 4.69) is 0 Å². The molecule has 0 saturated carbocycles. The molecule has 2 aromatic carbocycles. The van der Waals surface area contributed by atoms with Gasteiger partial charge in [0.15, 0.2) is 11.5 Å². The van der Waals surface area contributed by atoms with Gasteiger partial charge < -0.3 is 15.2 Å². The third-order valence-electron chi connectivity index (χ3n) is 2.86. The monoisotopic (exact) mass is 311 g/mol. The third kappa shape index (κ3) is 3.57. The molecule has 0 aliphatic carbocycles. The van der Waals surface area contributed by atoms with E-state index in [9.17, 15) is 0 Å². The molecule has 0 radical (unpaired) electrons. The van der Waals surface area contributed by atoms with Crippen LogP contribution in [0.5, 0.6) is 11.5 Å². The molecule has 0 unspecified atom stereocenters. The summed E-state index contributed by atoms with van der Waals surface area (Å²) < 4.78 is 11.0. The van der Waals surface area contributed by atoms with Gasteiger partial charge >= 0.3 is 0 Å². The van der Waals surface area contributed by atoms with Gasteiger partial charge in [0.1, 0.15) is 6.61 Å². The molecular formula is C15H15Cl2NO2. The van der Waals surface area contributed by atoms with Crippen LogP contribution >= 0.6 is 23.2 Å². The van der Waals surface area contributed by atoms with Crippen molar-refractivity contribution in [3.05, 3.63) is 57.6 Å². The van der Waals surface area contributed by atoms with Crippen LogP contribution in [0.2, 0.25) is 10.0 Å². The summed E-state index contributed by atoms with van der Waals surface area (Å²) >= 11 is 12.0. The molecule has 0 saturated heterocycles. The Hall–Kier alpha value is -1.42. The second-order valence-corrected chi connectivity index (χ2v) is 5.06. The minimum atomic E-state index is 0.342. The van der Waals surface area contributed by atoms with Crippen LogP contribution in [0.1, 0.15) is 11.1 Å². The molecule has 2 N–H and O–H groups in total. The van der Waals surface area contributed by atoms with Gasteiger partial charge in [-0.2, -0.15) is 0 Å². The minimum Gasteiger partial charge on any atom is -0.493 e. The van der Waals surface area contributed by atoms with E-state index in [1.54, 1.807) is 19.2 Å². The van der Waals surface area contributed by atoms with Crippen LogP contribution in [0, 0.1) is 0 Å². The number of methoxy groups -OCH3 is 1. The Kier molecular flexibility index (Phi) is 5.12. The summed E-state index contributed by atoms with van der Waals surface area (Å²) in [6.45, 7) is 0.800. The van der Waals surface area contributed by atoms with Gasteiger partial charge in [-0.25, -0.2) is 0 Å². The molecule has 0 heterocycles. The summed E-state index contributed by atoms with van der Waals surface area (Å²) in [5, 5.41) is 1.18. The molecular weight excluding hydrogens is 297 g/mol. The summed E-state index contributed by atoms with van der Waals surface area (Å²) in [6, 6.07) is 10.9. The van der Waals surface area contributed by atoms with Crippen molar-refractivity contribution in [1.82, 2.24) is 0 Å². The third-order valence-corrected chi connectivity index (χ3v) is 3.45. The van der Waals surface area contributed by atoms with E-state index in [-0.39, 0.29) is 0 Å². The molecule has 5 heteroatoms. The summed E-state index contributed by atoms with van der Waals surface area (Å²) in [5.41, 5.74) is 7.44. The summed E-state index contributed by atoms with van der Waals surface area (Å²) in [5.74, 6) is 1.30. The maximum Gasteiger partial charge on any atom is 0.161 e. The Balaban J connectivity index is 2.14. The van der Waals surface area contributed by atoms with E-state index < -0.39 is 0 Å². The molecule has 0 aliphatic rings. The zero-order valence-electron chi connectivity index (χ0n) is 11.0. The zero-order chi connectivity index (χ0) is 14.5. The lowest BCUT2D eigenvalue weighted by Crippen LogP contribution is -2.01. The molecule has 20 heavy (non-hydrogen) atoms. The first-order valence-corrected chi connectivity index (χ1v) is 6.83. The quantitative estimate of drug-likeness (QED) is 0.906. The van der Waals surface area contributed by atoms with Gasteiger partial charge in [-0.05, 0) is 29.8 Å². The number of hydrogen-bond acceptors (Lipinski definition) is 3. The first-order chi connectivity index (χ1) is 9.63. The highest BCUT2D eigenvalue weighted by Crippen LogP contribution is 2.30. The van der Waals surface area contributed by atoms with Gasteiger partial charge in [0.05, 0.1) is 7.11 Å². The number of benzene rings is 2. The van der Waals surface area contributed by atoms with Gasteiger partial charge in [-0.1, -0.05) is 35.3 Å². The first kappa shape index (κ1) is 15.0. The molecule has 0 aromatic heterocycles. The van der Waals surface area contributed by atoms with Crippen LogP contribution in [0.15, 0.2) is 36.4 Å². The first-order valence-electron chi connectivity index (χ1n) is 6.07. The van der Waals surface area contributed by atoms with Crippen molar-refractivity contribution in [3.8, 4) is 11.5 Å². The molecule has 2 rings (SSSR count). The Bertz CT molecular complexity index is 602. The summed E-state index contributed by atoms with van der Waals surface area (Å²) in [4.78, 5) is 0. The highest BCUT2D eigenvalue weighted by molar-refractivity contribution is 6.35. The Morgan fingerprint density at radius 2 is 1.85 bits per heavy atom. The van der Waals surface area contributed by atoms with Crippen molar-refractivity contribution < 1.29 is 9.47 Å². The number of ether oxygens (including phenoxy) is 2. The molecule has 0 atom stereocenters. The summed E-state index contributed by atoms with van der Waals surface area (Å²) in [7, 11) is 1.59. The van der Waals surface area contributed by atoms with E-state index in [0.29, 0.717) is 34.7 Å². The molecule has 2 aromatic rings. The largest absolute Gasteiger partial charge is 0.493 e. The molecule has 106 valence electrons. The van der Waals surface area contributed by atoms with Crippen molar-refractivity contribution in [3.63, 3.8) is 0 Å². The lowest BCUT2D eigenvalue weighted by molar-refractivity contribution is 0.284. The van der Waals surface area contributed by atoms with Gasteiger partial charge in [-0.3, -0.25) is 0 Å². The van der Waals surface area contributed by atoms with Gasteiger partial charge in [0.2, 0.25) is 0 Å². The van der Waals surface area contributed by atoms with E-state index in [4.69, 9.17) is 38.4 Å². The number of hydrogen-bond donors (Lipinski definition) is 1. The fourth-order valence-corrected chi connectivity index (χ4v) is 2.22. The number of nitrogens with two attached hydrogens (primary N) is 1. The molecule has 0 fully saturated rings. The highest BCUT2D eigenvalue weighted by Gasteiger charge is 2.07. The van der Waals surface area contributed by atoms with Crippen LogP contribution in [-0.4, -0.2) is 7.11 Å². The fraction of sp³-hybridized carbons (Fsp3) is 0.200. The predicted molar refractivity (Wildman–Crippen MR) is 81.7 cm³/mol. The standard InChI is InChI=1S/C15H15Cl2NO2/c1-19-15-6-10(8-18)2-5-14(15)20-9-11-3-4-12(16)7-13(11)17/h2-7H,8-9,18H2,1H3. The minimum absolute atomic E-state index is 0.342. The Morgan fingerprint density at radius 3 is 2.50 bits per heavy atom. The molecule has 0 aliphatic heterocycles. The van der Waals surface area contributed by atoms with E-state index in [0.717, 1.165) is 11.1 Å². The van der Waals surface area contributed by atoms with Crippen molar-refractivity contribution in [2.75, 3.05) is 7.11 Å². The number of rotatable bonds is 5. The highest BCUT2D eigenvalue weighted by atomic mass is 35.5. The van der Waals surface area contributed by atoms with Crippen LogP contribution in [0.3, 0.4) is 0 Å². The van der Waals surface area contributed by atoms with Gasteiger partial charge in [0, 0.05) is 22.2 Å². The van der Waals surface area contributed by atoms with E-state index in [1.807, 2.05) is 24.3 Å². The normalized spacial score (nSPS) is 10.4. The van der Waals surface area contributed by atoms with Crippen LogP contribution in [0.25, 0.3) is 0 Å². The SMILES string of the molecule is COc1cc(CN)ccc1OCc1ccc(Cl)cc1Cl. The van der Waals surface area contributed by atoms with Crippen molar-refractivity contribution in [1.29, 1.82) is 0 Å². The lowest BCUT2D eigenvalue weighted by atomic mass is 10.2. The Morgan fingerprint density at radius 1 is 1.05 bits per heavy atom. The lowest BCUT2D eigenvalue weighted by Gasteiger charge is -2.12. The molecule has 3 nitrogen and oxygen atoms in total. The van der Waals surface area contributed by atoms with Crippen LogP contribution in [-0.2, 0) is 13.2 Å². The average Bonchev–Trinajstić information content (AvgIpc) is 2.46. The van der Waals surface area contributed by atoms with Crippen molar-refractivity contribution >= 4 is 23.2 Å². The average molecular weight is 312 g/mol. The maximum atomic E-state index is 6.10. The molecule has 0 bridgehead atoms.